The molecule has 0 saturated heterocycles. The summed E-state index contributed by atoms with van der Waals surface area (Å²) in [5.74, 6) is 0. The molecular formula is C28H32NO+. The van der Waals surface area contributed by atoms with Gasteiger partial charge in [-0.2, -0.15) is 0 Å². The van der Waals surface area contributed by atoms with Crippen LogP contribution in [-0.4, -0.2) is 0 Å². The lowest BCUT2D eigenvalue weighted by molar-refractivity contribution is -0.660. The molecule has 1 aliphatic rings. The summed E-state index contributed by atoms with van der Waals surface area (Å²) in [4.78, 5) is 0. The fraction of sp³-hybridized carbons (Fsp3) is 0.393. The average Bonchev–Trinajstić information content (AvgIpc) is 3.09. The summed E-state index contributed by atoms with van der Waals surface area (Å²) < 4.78 is 31.7. The zero-order valence-electron chi connectivity index (χ0n) is 21.8. The van der Waals surface area contributed by atoms with Crippen LogP contribution in [-0.2, 0) is 17.9 Å². The summed E-state index contributed by atoms with van der Waals surface area (Å²) in [5.41, 5.74) is 8.22. The third kappa shape index (κ3) is 2.66. The highest BCUT2D eigenvalue weighted by Gasteiger charge is 2.39. The highest BCUT2D eigenvalue weighted by atomic mass is 16.3. The Balaban J connectivity index is 1.85. The van der Waals surface area contributed by atoms with Crippen molar-refractivity contribution in [3.63, 3.8) is 0 Å². The first kappa shape index (κ1) is 16.1. The predicted molar refractivity (Wildman–Crippen MR) is 125 cm³/mol. The number of fused-ring (bicyclic) bond motifs is 5. The minimum Gasteiger partial charge on any atom is -0.455 e. The Hall–Kier alpha value is -2.61. The van der Waals surface area contributed by atoms with E-state index < -0.39 is 6.85 Å². The molecule has 30 heavy (non-hydrogen) atoms. The van der Waals surface area contributed by atoms with E-state index >= 15 is 0 Å². The number of hydrogen-bond acceptors (Lipinski definition) is 1. The highest BCUT2D eigenvalue weighted by Crippen LogP contribution is 2.51. The van der Waals surface area contributed by atoms with E-state index in [1.807, 2.05) is 17.7 Å². The maximum atomic E-state index is 7.75. The molecule has 0 N–H and O–H groups in total. The summed E-state index contributed by atoms with van der Waals surface area (Å²) in [7, 11) is 1.90. The van der Waals surface area contributed by atoms with E-state index in [-0.39, 0.29) is 10.8 Å². The number of rotatable bonds is 1. The minimum absolute atomic E-state index is 0.0677. The third-order valence-corrected chi connectivity index (χ3v) is 7.19. The zero-order chi connectivity index (χ0) is 23.9. The molecule has 4 aromatic rings. The lowest BCUT2D eigenvalue weighted by Crippen LogP contribution is -2.33. The van der Waals surface area contributed by atoms with Gasteiger partial charge in [-0.1, -0.05) is 45.9 Å². The standard InChI is InChI=1S/C28H32NO/c1-17-8-12-21(29(7)16-17)23-18(2)9-10-19-24-22(30-26(19)23)13-11-20-25(24)28(5,6)15-14-27(20,3)4/h8-13,16H,14-15H2,1-7H3/q+1/i1D3. The molecule has 0 bridgehead atoms. The second-order valence-electron chi connectivity index (χ2n) is 10.3. The number of benzene rings is 2. The minimum atomic E-state index is -2.13. The van der Waals surface area contributed by atoms with Crippen LogP contribution in [0.15, 0.2) is 47.0 Å². The Morgan fingerprint density at radius 1 is 0.967 bits per heavy atom. The maximum absolute atomic E-state index is 7.75. The first-order valence-corrected chi connectivity index (χ1v) is 10.8. The SMILES string of the molecule is [2H]C([2H])([2H])c1ccc(-c2c(C)ccc3c2oc2ccc4c(c23)C(C)(C)CCC4(C)C)[n+](C)c1. The van der Waals surface area contributed by atoms with Crippen LogP contribution in [0.4, 0.5) is 0 Å². The van der Waals surface area contributed by atoms with Gasteiger partial charge in [0.15, 0.2) is 6.20 Å². The molecule has 154 valence electrons. The number of pyridine rings is 1. The van der Waals surface area contributed by atoms with E-state index in [0.717, 1.165) is 39.8 Å². The lowest BCUT2D eigenvalue weighted by Gasteiger charge is -2.42. The molecule has 1 aliphatic carbocycles. The molecule has 0 saturated carbocycles. The summed E-state index contributed by atoms with van der Waals surface area (Å²) in [6, 6.07) is 12.3. The lowest BCUT2D eigenvalue weighted by atomic mass is 9.62. The molecule has 0 unspecified atom stereocenters. The molecule has 2 aromatic carbocycles. The van der Waals surface area contributed by atoms with Gasteiger partial charge in [-0.3, -0.25) is 0 Å². The van der Waals surface area contributed by atoms with Gasteiger partial charge in [0, 0.05) is 26.5 Å². The molecule has 0 spiro atoms. The largest absolute Gasteiger partial charge is 0.455 e. The second-order valence-corrected chi connectivity index (χ2v) is 10.3. The van der Waals surface area contributed by atoms with Crippen molar-refractivity contribution in [2.24, 2.45) is 7.05 Å². The molecule has 0 atom stereocenters. The highest BCUT2D eigenvalue weighted by molar-refractivity contribution is 6.12. The van der Waals surface area contributed by atoms with Gasteiger partial charge in [-0.05, 0) is 66.3 Å². The quantitative estimate of drug-likeness (QED) is 0.313. The van der Waals surface area contributed by atoms with Crippen molar-refractivity contribution >= 4 is 21.9 Å². The van der Waals surface area contributed by atoms with Crippen LogP contribution < -0.4 is 4.57 Å². The van der Waals surface area contributed by atoms with Gasteiger partial charge in [0.2, 0.25) is 5.69 Å². The van der Waals surface area contributed by atoms with Crippen LogP contribution >= 0.6 is 0 Å². The molecule has 0 amide bonds. The van der Waals surface area contributed by atoms with Crippen molar-refractivity contribution < 1.29 is 13.1 Å². The van der Waals surface area contributed by atoms with Crippen molar-refractivity contribution in [2.75, 3.05) is 0 Å². The van der Waals surface area contributed by atoms with Crippen LogP contribution in [0.3, 0.4) is 0 Å². The van der Waals surface area contributed by atoms with Gasteiger partial charge >= 0.3 is 0 Å². The summed E-state index contributed by atoms with van der Waals surface area (Å²) in [6.45, 7) is 9.34. The number of furan rings is 1. The number of aryl methyl sites for hydroxylation is 3. The maximum Gasteiger partial charge on any atom is 0.216 e. The van der Waals surface area contributed by atoms with Gasteiger partial charge in [-0.15, -0.1) is 0 Å². The molecule has 2 heterocycles. The molecular weight excluding hydrogens is 366 g/mol. The van der Waals surface area contributed by atoms with E-state index in [1.54, 1.807) is 12.3 Å². The monoisotopic (exact) mass is 401 g/mol. The first-order valence-electron chi connectivity index (χ1n) is 12.3. The summed E-state index contributed by atoms with van der Waals surface area (Å²) in [5, 5.41) is 2.36. The Labute approximate surface area is 183 Å². The van der Waals surface area contributed by atoms with Crippen LogP contribution in [0.25, 0.3) is 33.2 Å². The zero-order valence-corrected chi connectivity index (χ0v) is 18.8. The summed E-state index contributed by atoms with van der Waals surface area (Å²) in [6.07, 6.45) is 4.02. The van der Waals surface area contributed by atoms with Gasteiger partial charge in [0.05, 0.1) is 5.56 Å². The van der Waals surface area contributed by atoms with Crippen LogP contribution in [0.2, 0.25) is 0 Å². The Morgan fingerprint density at radius 3 is 2.47 bits per heavy atom. The van der Waals surface area contributed by atoms with Crippen LogP contribution in [0, 0.1) is 13.8 Å². The van der Waals surface area contributed by atoms with Crippen LogP contribution in [0.5, 0.6) is 0 Å². The normalized spacial score (nSPS) is 19.3. The van der Waals surface area contributed by atoms with Crippen molar-refractivity contribution in [3.05, 3.63) is 64.8 Å². The molecule has 2 aromatic heterocycles. The first-order chi connectivity index (χ1) is 15.3. The van der Waals surface area contributed by atoms with E-state index in [4.69, 9.17) is 8.53 Å². The average molecular weight is 402 g/mol. The van der Waals surface area contributed by atoms with Gasteiger partial charge in [-0.25, -0.2) is 4.57 Å². The van der Waals surface area contributed by atoms with E-state index in [0.29, 0.717) is 5.56 Å². The Bertz CT molecular complexity index is 1420. The fourth-order valence-electron chi connectivity index (χ4n) is 5.37. The second kappa shape index (κ2) is 6.20. The van der Waals surface area contributed by atoms with Gasteiger partial charge in [0.25, 0.3) is 0 Å². The number of nitrogens with zero attached hydrogens (tertiary/aromatic N) is 1. The molecule has 0 fully saturated rings. The summed E-state index contributed by atoms with van der Waals surface area (Å²) >= 11 is 0. The van der Waals surface area contributed by atoms with E-state index in [9.17, 15) is 0 Å². The van der Waals surface area contributed by atoms with Crippen molar-refractivity contribution in [3.8, 4) is 11.3 Å². The van der Waals surface area contributed by atoms with Crippen molar-refractivity contribution in [1.29, 1.82) is 0 Å². The van der Waals surface area contributed by atoms with Crippen molar-refractivity contribution in [1.82, 2.24) is 0 Å². The third-order valence-electron chi connectivity index (χ3n) is 7.19. The van der Waals surface area contributed by atoms with Crippen LogP contribution in [0.1, 0.15) is 66.9 Å². The predicted octanol–water partition coefficient (Wildman–Crippen LogP) is 7.04. The van der Waals surface area contributed by atoms with E-state index in [1.165, 1.54) is 22.9 Å². The van der Waals surface area contributed by atoms with Gasteiger partial charge in [0.1, 0.15) is 18.2 Å². The smallest absolute Gasteiger partial charge is 0.216 e. The molecule has 2 heteroatoms. The Kier molecular flexibility index (Phi) is 3.33. The van der Waals surface area contributed by atoms with Gasteiger partial charge < -0.3 is 4.42 Å². The van der Waals surface area contributed by atoms with E-state index in [2.05, 4.69) is 58.9 Å². The number of hydrogen-bond donors (Lipinski definition) is 0. The molecule has 0 aliphatic heterocycles. The fourth-order valence-corrected chi connectivity index (χ4v) is 5.37. The molecule has 5 rings (SSSR count). The Morgan fingerprint density at radius 2 is 1.73 bits per heavy atom. The van der Waals surface area contributed by atoms with Crippen molar-refractivity contribution in [2.45, 2.75) is 65.1 Å². The number of aromatic nitrogens is 1. The molecule has 0 radical (unpaired) electrons. The molecule has 2 nitrogen and oxygen atoms in total. The topological polar surface area (TPSA) is 17.0 Å².